The number of methoxy groups -OCH3 is 3. The van der Waals surface area contributed by atoms with Gasteiger partial charge in [0.15, 0.2) is 0 Å². The van der Waals surface area contributed by atoms with Gasteiger partial charge in [-0.25, -0.2) is 0 Å². The molecule has 0 heterocycles. The molecule has 0 radical (unpaired) electrons. The number of esters is 2. The number of ether oxygens (including phenoxy) is 5. The van der Waals surface area contributed by atoms with Crippen LogP contribution in [0.4, 0.5) is 0 Å². The largest absolute Gasteiger partial charge is 0.497 e. The smallest absolute Gasteiger partial charge is 0.310 e. The second-order valence-electron chi connectivity index (χ2n) is 16.7. The van der Waals surface area contributed by atoms with Crippen molar-refractivity contribution in [2.45, 2.75) is 74.8 Å². The highest BCUT2D eigenvalue weighted by Gasteiger charge is 2.46. The molecule has 0 spiro atoms. The van der Waals surface area contributed by atoms with Gasteiger partial charge < -0.3 is 43.7 Å². The summed E-state index contributed by atoms with van der Waals surface area (Å²) >= 11 is 0. The van der Waals surface area contributed by atoms with Crippen molar-refractivity contribution < 1.29 is 43.5 Å². The standard InChI is InChI=1S/C25H33NO5.C24H31NO4/c1-26(2)17-20-16-23(31-24(27)14-18-7-5-9-21(13-18)29-3)11-12-25(20,28)19-8-6-10-22(15-19)30-4;1-25(2)17-20-16-22(29-23(26)14-18-8-5-4-6-9-18)12-13-24(20,27)19-10-7-11-21(15-19)28-3/h5-10,13,15,20,23,28H,11-12,14,16-17H2,1-4H3;4-11,15,20,22,27H,12-14,16-17H2,1-3H3. The van der Waals surface area contributed by atoms with Crippen LogP contribution in [0.3, 0.4) is 0 Å². The number of rotatable bonds is 15. The van der Waals surface area contributed by atoms with E-state index in [0.717, 1.165) is 39.5 Å². The molecule has 2 N–H and O–H groups in total. The maximum absolute atomic E-state index is 12.6. The molecule has 11 nitrogen and oxygen atoms in total. The highest BCUT2D eigenvalue weighted by molar-refractivity contribution is 5.73. The fraction of sp³-hybridized carbons (Fsp3) is 0.469. The number of aliphatic hydroxyl groups is 2. The van der Waals surface area contributed by atoms with Crippen LogP contribution in [0.15, 0.2) is 103 Å². The zero-order valence-electron chi connectivity index (χ0n) is 36.3. The maximum atomic E-state index is 12.6. The lowest BCUT2D eigenvalue weighted by atomic mass is 9.70. The molecule has 60 heavy (non-hydrogen) atoms. The first-order valence-corrected chi connectivity index (χ1v) is 20.8. The van der Waals surface area contributed by atoms with Crippen molar-refractivity contribution in [2.24, 2.45) is 11.8 Å². The Morgan fingerprint density at radius 3 is 1.40 bits per heavy atom. The minimum atomic E-state index is -0.992. The molecule has 6 atom stereocenters. The molecule has 4 aromatic carbocycles. The zero-order valence-corrected chi connectivity index (χ0v) is 36.3. The Kier molecular flexibility index (Phi) is 16.6. The third-order valence-electron chi connectivity index (χ3n) is 11.7. The van der Waals surface area contributed by atoms with Gasteiger partial charge in [-0.05, 0) is 125 Å². The van der Waals surface area contributed by atoms with E-state index in [1.165, 1.54) is 0 Å². The van der Waals surface area contributed by atoms with Crippen LogP contribution in [-0.2, 0) is 43.1 Å². The SMILES string of the molecule is COc1cccc(C2(O)CCC(OC(=O)Cc3ccccc3)CC2CN(C)C)c1.COc1cccc(CC(=O)OC2CCC(O)(c3cccc(OC)c3)C(CN(C)C)C2)c1. The van der Waals surface area contributed by atoms with Gasteiger partial charge in [-0.3, -0.25) is 9.59 Å². The van der Waals surface area contributed by atoms with Gasteiger partial charge >= 0.3 is 11.9 Å². The molecule has 324 valence electrons. The van der Waals surface area contributed by atoms with E-state index in [0.29, 0.717) is 51.6 Å². The van der Waals surface area contributed by atoms with Crippen molar-refractivity contribution in [3.8, 4) is 17.2 Å². The van der Waals surface area contributed by atoms with E-state index >= 15 is 0 Å². The van der Waals surface area contributed by atoms with E-state index in [-0.39, 0.29) is 48.8 Å². The monoisotopic (exact) mass is 824 g/mol. The summed E-state index contributed by atoms with van der Waals surface area (Å²) in [5.41, 5.74) is 1.55. The summed E-state index contributed by atoms with van der Waals surface area (Å²) in [5, 5.41) is 23.3. The Balaban J connectivity index is 0.000000228. The molecule has 6 unspecified atom stereocenters. The van der Waals surface area contributed by atoms with Crippen LogP contribution < -0.4 is 14.2 Å². The van der Waals surface area contributed by atoms with Crippen molar-refractivity contribution in [3.63, 3.8) is 0 Å². The first kappa shape index (κ1) is 46.1. The Hall–Kier alpha value is -4.94. The molecule has 2 aliphatic rings. The Labute approximate surface area is 356 Å². The average Bonchev–Trinajstić information content (AvgIpc) is 3.23. The van der Waals surface area contributed by atoms with Gasteiger partial charge in [0.05, 0.1) is 45.4 Å². The van der Waals surface area contributed by atoms with Gasteiger partial charge in [0.2, 0.25) is 0 Å². The molecule has 0 bridgehead atoms. The number of hydrogen-bond donors (Lipinski definition) is 2. The van der Waals surface area contributed by atoms with Crippen molar-refractivity contribution >= 4 is 11.9 Å². The molecule has 0 aliphatic heterocycles. The fourth-order valence-electron chi connectivity index (χ4n) is 8.69. The van der Waals surface area contributed by atoms with Gasteiger partial charge in [-0.2, -0.15) is 0 Å². The number of nitrogens with zero attached hydrogens (tertiary/aromatic N) is 2. The second-order valence-corrected chi connectivity index (χ2v) is 16.7. The molecular weight excluding hydrogens is 761 g/mol. The lowest BCUT2D eigenvalue weighted by Gasteiger charge is -2.44. The first-order chi connectivity index (χ1) is 28.7. The highest BCUT2D eigenvalue weighted by Crippen LogP contribution is 2.45. The third-order valence-corrected chi connectivity index (χ3v) is 11.7. The molecule has 6 rings (SSSR count). The minimum Gasteiger partial charge on any atom is -0.497 e. The van der Waals surface area contributed by atoms with E-state index in [1.54, 1.807) is 21.3 Å². The molecule has 2 saturated carbocycles. The second kappa shape index (κ2) is 21.5. The summed E-state index contributed by atoms with van der Waals surface area (Å²) < 4.78 is 27.5. The summed E-state index contributed by atoms with van der Waals surface area (Å²) in [6.45, 7) is 1.40. The minimum absolute atomic E-state index is 0.0483. The fourth-order valence-corrected chi connectivity index (χ4v) is 8.69. The average molecular weight is 825 g/mol. The summed E-state index contributed by atoms with van der Waals surface area (Å²) in [6.07, 6.45) is 3.64. The normalized spacial score (nSPS) is 23.9. The van der Waals surface area contributed by atoms with Gasteiger partial charge in [0.1, 0.15) is 29.5 Å². The summed E-state index contributed by atoms with van der Waals surface area (Å²) in [4.78, 5) is 29.1. The predicted octanol–water partition coefficient (Wildman–Crippen LogP) is 6.81. The number of hydrogen-bond acceptors (Lipinski definition) is 11. The van der Waals surface area contributed by atoms with Crippen LogP contribution in [0.5, 0.6) is 17.2 Å². The zero-order chi connectivity index (χ0) is 43.3. The molecular formula is C49H64N2O9. The molecule has 0 aromatic heterocycles. The molecule has 0 saturated heterocycles. The Morgan fingerprint density at radius 2 is 0.967 bits per heavy atom. The van der Waals surface area contributed by atoms with Crippen LogP contribution in [0.2, 0.25) is 0 Å². The Morgan fingerprint density at radius 1 is 0.567 bits per heavy atom. The summed E-state index contributed by atoms with van der Waals surface area (Å²) in [7, 11) is 12.8. The van der Waals surface area contributed by atoms with Gasteiger partial charge in [-0.1, -0.05) is 66.7 Å². The van der Waals surface area contributed by atoms with Crippen molar-refractivity contribution in [2.75, 3.05) is 62.6 Å². The van der Waals surface area contributed by atoms with Crippen molar-refractivity contribution in [1.29, 1.82) is 0 Å². The molecule has 0 amide bonds. The van der Waals surface area contributed by atoms with E-state index in [1.807, 2.05) is 131 Å². The number of carbonyl (C=O) groups is 2. The van der Waals surface area contributed by atoms with Crippen molar-refractivity contribution in [1.82, 2.24) is 9.80 Å². The first-order valence-electron chi connectivity index (χ1n) is 20.8. The van der Waals surface area contributed by atoms with E-state index in [4.69, 9.17) is 23.7 Å². The lowest BCUT2D eigenvalue weighted by molar-refractivity contribution is -0.158. The van der Waals surface area contributed by atoms with Crippen LogP contribution in [0.1, 0.15) is 60.8 Å². The van der Waals surface area contributed by atoms with Gasteiger partial charge in [0.25, 0.3) is 0 Å². The number of benzene rings is 4. The summed E-state index contributed by atoms with van der Waals surface area (Å²) in [6, 6.07) is 32.3. The molecule has 11 heteroatoms. The number of carbonyl (C=O) groups excluding carboxylic acids is 2. The highest BCUT2D eigenvalue weighted by atomic mass is 16.5. The topological polar surface area (TPSA) is 127 Å². The van der Waals surface area contributed by atoms with Gasteiger partial charge in [0, 0.05) is 24.9 Å². The van der Waals surface area contributed by atoms with Crippen LogP contribution in [-0.4, -0.2) is 107 Å². The van der Waals surface area contributed by atoms with Crippen molar-refractivity contribution in [3.05, 3.63) is 125 Å². The molecule has 2 aliphatic carbocycles. The third kappa shape index (κ3) is 12.5. The maximum Gasteiger partial charge on any atom is 0.310 e. The molecule has 4 aromatic rings. The lowest BCUT2D eigenvalue weighted by Crippen LogP contribution is -2.47. The van der Waals surface area contributed by atoms with E-state index < -0.39 is 11.2 Å². The van der Waals surface area contributed by atoms with Crippen LogP contribution in [0, 0.1) is 11.8 Å². The predicted molar refractivity (Wildman–Crippen MR) is 232 cm³/mol. The molecule has 2 fully saturated rings. The summed E-state index contributed by atoms with van der Waals surface area (Å²) in [5.74, 6) is 1.59. The van der Waals surface area contributed by atoms with E-state index in [9.17, 15) is 19.8 Å². The quantitative estimate of drug-likeness (QED) is 0.123. The van der Waals surface area contributed by atoms with E-state index in [2.05, 4.69) is 9.80 Å². The van der Waals surface area contributed by atoms with Crippen LogP contribution >= 0.6 is 0 Å². The van der Waals surface area contributed by atoms with Crippen LogP contribution in [0.25, 0.3) is 0 Å². The van der Waals surface area contributed by atoms with Gasteiger partial charge in [-0.15, -0.1) is 0 Å². The Bertz CT molecular complexity index is 1970.